The van der Waals surface area contributed by atoms with Crippen molar-refractivity contribution in [2.75, 3.05) is 26.3 Å². The van der Waals surface area contributed by atoms with Gasteiger partial charge in [-0.3, -0.25) is 4.79 Å². The molecule has 1 unspecified atom stereocenters. The third-order valence-electron chi connectivity index (χ3n) is 4.68. The Morgan fingerprint density at radius 2 is 1.84 bits per heavy atom. The Labute approximate surface area is 114 Å². The van der Waals surface area contributed by atoms with Crippen LogP contribution >= 0.6 is 0 Å². The van der Waals surface area contributed by atoms with E-state index in [1.54, 1.807) is 0 Å². The topological polar surface area (TPSA) is 48.0 Å². The van der Waals surface area contributed by atoms with E-state index < -0.39 is 0 Å². The zero-order valence-corrected chi connectivity index (χ0v) is 11.8. The fourth-order valence-corrected chi connectivity index (χ4v) is 3.56. The summed E-state index contributed by atoms with van der Waals surface area (Å²) in [6, 6.07) is 0. The highest BCUT2D eigenvalue weighted by Crippen LogP contribution is 2.44. The summed E-state index contributed by atoms with van der Waals surface area (Å²) in [6.45, 7) is 6.75. The van der Waals surface area contributed by atoms with Gasteiger partial charge < -0.3 is 19.1 Å². The lowest BCUT2D eigenvalue weighted by Crippen LogP contribution is -2.60. The van der Waals surface area contributed by atoms with Crippen LogP contribution in [0.5, 0.6) is 0 Å². The smallest absolute Gasteiger partial charge is 0.251 e. The number of carbonyl (C=O) groups excluding carboxylic acids is 1. The number of carbonyl (C=O) groups is 1. The van der Waals surface area contributed by atoms with Gasteiger partial charge in [0.05, 0.1) is 18.8 Å². The van der Waals surface area contributed by atoms with Crippen LogP contribution in [0.3, 0.4) is 0 Å². The minimum atomic E-state index is -0.365. The molecule has 1 amide bonds. The van der Waals surface area contributed by atoms with E-state index in [1.807, 2.05) is 18.7 Å². The fraction of sp³-hybridized carbons (Fsp3) is 0.929. The van der Waals surface area contributed by atoms with Crippen LogP contribution in [0, 0.1) is 0 Å². The Morgan fingerprint density at radius 1 is 1.21 bits per heavy atom. The number of hydrogen-bond acceptors (Lipinski definition) is 4. The second-order valence-corrected chi connectivity index (χ2v) is 5.90. The van der Waals surface area contributed by atoms with Crippen LogP contribution < -0.4 is 0 Å². The SMILES string of the molecule is CCN1CC2(CCC3(CC2)OCCO3)OC(C)C1=O. The average molecular weight is 269 g/mol. The highest BCUT2D eigenvalue weighted by Gasteiger charge is 2.50. The fourth-order valence-electron chi connectivity index (χ4n) is 3.56. The maximum absolute atomic E-state index is 12.0. The third kappa shape index (κ3) is 2.28. The van der Waals surface area contributed by atoms with E-state index in [-0.39, 0.29) is 23.4 Å². The number of amides is 1. The molecule has 0 radical (unpaired) electrons. The van der Waals surface area contributed by atoms with E-state index in [1.165, 1.54) is 0 Å². The van der Waals surface area contributed by atoms with Gasteiger partial charge in [-0.05, 0) is 26.7 Å². The summed E-state index contributed by atoms with van der Waals surface area (Å²) in [4.78, 5) is 13.9. The number of nitrogens with zero attached hydrogens (tertiary/aromatic N) is 1. The average Bonchev–Trinajstić information content (AvgIpc) is 2.87. The predicted molar refractivity (Wildman–Crippen MR) is 68.6 cm³/mol. The van der Waals surface area contributed by atoms with E-state index in [0.717, 1.165) is 32.2 Å². The van der Waals surface area contributed by atoms with Gasteiger partial charge in [-0.2, -0.15) is 0 Å². The third-order valence-corrected chi connectivity index (χ3v) is 4.68. The van der Waals surface area contributed by atoms with E-state index in [9.17, 15) is 4.79 Å². The summed E-state index contributed by atoms with van der Waals surface area (Å²) in [5.74, 6) is -0.252. The monoisotopic (exact) mass is 269 g/mol. The lowest BCUT2D eigenvalue weighted by molar-refractivity contribution is -0.231. The predicted octanol–water partition coefficient (Wildman–Crippen LogP) is 1.31. The van der Waals surface area contributed by atoms with Crippen molar-refractivity contribution in [3.63, 3.8) is 0 Å². The number of morpholine rings is 1. The van der Waals surface area contributed by atoms with Gasteiger partial charge in [-0.1, -0.05) is 0 Å². The van der Waals surface area contributed by atoms with Crippen molar-refractivity contribution < 1.29 is 19.0 Å². The van der Waals surface area contributed by atoms with Crippen molar-refractivity contribution in [1.29, 1.82) is 0 Å². The summed E-state index contributed by atoms with van der Waals surface area (Å²) < 4.78 is 17.6. The zero-order valence-electron chi connectivity index (χ0n) is 11.8. The maximum Gasteiger partial charge on any atom is 0.251 e. The molecule has 2 spiro atoms. The molecular formula is C14H23NO4. The van der Waals surface area contributed by atoms with Gasteiger partial charge in [0, 0.05) is 25.9 Å². The summed E-state index contributed by atoms with van der Waals surface area (Å²) in [7, 11) is 0. The van der Waals surface area contributed by atoms with Crippen molar-refractivity contribution in [2.24, 2.45) is 0 Å². The number of likely N-dealkylation sites (N-methyl/N-ethyl adjacent to an activating group) is 1. The summed E-state index contributed by atoms with van der Waals surface area (Å²) >= 11 is 0. The standard InChI is InChI=1S/C14H23NO4/c1-3-15-10-13(19-11(2)12(15)16)4-6-14(7-5-13)17-8-9-18-14/h11H,3-10H2,1-2H3. The first-order chi connectivity index (χ1) is 9.08. The molecule has 0 aromatic carbocycles. The minimum Gasteiger partial charge on any atom is -0.360 e. The van der Waals surface area contributed by atoms with Crippen LogP contribution in [0.15, 0.2) is 0 Å². The molecule has 0 N–H and O–H groups in total. The molecule has 5 heteroatoms. The Morgan fingerprint density at radius 3 is 2.42 bits per heavy atom. The highest BCUT2D eigenvalue weighted by molar-refractivity contribution is 5.81. The number of hydrogen-bond donors (Lipinski definition) is 0. The van der Waals surface area contributed by atoms with Gasteiger partial charge in [0.15, 0.2) is 5.79 Å². The minimum absolute atomic E-state index is 0.113. The van der Waals surface area contributed by atoms with Crippen molar-refractivity contribution >= 4 is 5.91 Å². The molecule has 1 atom stereocenters. The molecule has 3 fully saturated rings. The van der Waals surface area contributed by atoms with Gasteiger partial charge in [0.1, 0.15) is 6.10 Å². The molecule has 2 aliphatic heterocycles. The van der Waals surface area contributed by atoms with Crippen LogP contribution in [-0.2, 0) is 19.0 Å². The van der Waals surface area contributed by atoms with Gasteiger partial charge in [-0.25, -0.2) is 0 Å². The Bertz CT molecular complexity index is 354. The zero-order chi connectivity index (χ0) is 13.5. The molecule has 108 valence electrons. The first-order valence-corrected chi connectivity index (χ1v) is 7.33. The van der Waals surface area contributed by atoms with Crippen LogP contribution in [0.4, 0.5) is 0 Å². The maximum atomic E-state index is 12.0. The van der Waals surface area contributed by atoms with Crippen LogP contribution in [0.25, 0.3) is 0 Å². The Kier molecular flexibility index (Phi) is 3.31. The van der Waals surface area contributed by atoms with Gasteiger partial charge in [0.25, 0.3) is 5.91 Å². The molecule has 3 rings (SSSR count). The van der Waals surface area contributed by atoms with Gasteiger partial charge in [-0.15, -0.1) is 0 Å². The van der Waals surface area contributed by atoms with Crippen LogP contribution in [0.2, 0.25) is 0 Å². The lowest BCUT2D eigenvalue weighted by atomic mass is 9.79. The largest absolute Gasteiger partial charge is 0.360 e. The summed E-state index contributed by atoms with van der Waals surface area (Å²) in [5, 5.41) is 0. The van der Waals surface area contributed by atoms with Gasteiger partial charge >= 0.3 is 0 Å². The molecular weight excluding hydrogens is 246 g/mol. The Hall–Kier alpha value is -0.650. The molecule has 1 aliphatic carbocycles. The van der Waals surface area contributed by atoms with Crippen LogP contribution in [0.1, 0.15) is 39.5 Å². The molecule has 19 heavy (non-hydrogen) atoms. The number of ether oxygens (including phenoxy) is 3. The molecule has 5 nitrogen and oxygen atoms in total. The lowest BCUT2D eigenvalue weighted by Gasteiger charge is -2.49. The quantitative estimate of drug-likeness (QED) is 0.720. The summed E-state index contributed by atoms with van der Waals surface area (Å²) in [6.07, 6.45) is 3.22. The van der Waals surface area contributed by atoms with Crippen molar-refractivity contribution in [1.82, 2.24) is 4.90 Å². The highest BCUT2D eigenvalue weighted by atomic mass is 16.7. The first kappa shape index (κ1) is 13.3. The molecule has 2 heterocycles. The van der Waals surface area contributed by atoms with E-state index >= 15 is 0 Å². The summed E-state index contributed by atoms with van der Waals surface area (Å²) in [5.41, 5.74) is -0.191. The molecule has 0 aromatic heterocycles. The van der Waals surface area contributed by atoms with E-state index in [2.05, 4.69) is 0 Å². The van der Waals surface area contributed by atoms with Crippen LogP contribution in [-0.4, -0.2) is 54.6 Å². The number of rotatable bonds is 1. The first-order valence-electron chi connectivity index (χ1n) is 7.33. The molecule has 1 saturated carbocycles. The van der Waals surface area contributed by atoms with E-state index in [4.69, 9.17) is 14.2 Å². The second-order valence-electron chi connectivity index (χ2n) is 5.90. The second kappa shape index (κ2) is 4.72. The molecule has 2 saturated heterocycles. The van der Waals surface area contributed by atoms with Gasteiger partial charge in [0.2, 0.25) is 0 Å². The molecule has 0 bridgehead atoms. The van der Waals surface area contributed by atoms with Crippen molar-refractivity contribution in [3.8, 4) is 0 Å². The van der Waals surface area contributed by atoms with E-state index in [0.29, 0.717) is 19.8 Å². The normalized spacial score (nSPS) is 33.3. The Balaban J connectivity index is 1.70. The van der Waals surface area contributed by atoms with Crippen molar-refractivity contribution in [2.45, 2.75) is 57.0 Å². The molecule has 3 aliphatic rings. The molecule has 0 aromatic rings. The van der Waals surface area contributed by atoms with Crippen molar-refractivity contribution in [3.05, 3.63) is 0 Å².